The highest BCUT2D eigenvalue weighted by molar-refractivity contribution is 5.79. The molecular weight excluding hydrogens is 192 g/mol. The van der Waals surface area contributed by atoms with Crippen molar-refractivity contribution in [3.05, 3.63) is 0 Å². The molecule has 4 heteroatoms. The summed E-state index contributed by atoms with van der Waals surface area (Å²) in [5.41, 5.74) is 0. The second-order valence-electron chi connectivity index (χ2n) is 4.56. The maximum atomic E-state index is 12.0. The Morgan fingerprint density at radius 1 is 1.67 bits per heavy atom. The van der Waals surface area contributed by atoms with Gasteiger partial charge in [-0.05, 0) is 33.2 Å². The zero-order valence-corrected chi connectivity index (χ0v) is 9.86. The van der Waals surface area contributed by atoms with E-state index < -0.39 is 0 Å². The van der Waals surface area contributed by atoms with Crippen molar-refractivity contribution in [3.8, 4) is 0 Å². The molecule has 0 aliphatic carbocycles. The number of carbonyl (C=O) groups is 1. The summed E-state index contributed by atoms with van der Waals surface area (Å²) in [7, 11) is 1.77. The maximum Gasteiger partial charge on any atom is 0.225 e. The number of rotatable bonds is 3. The first kappa shape index (κ1) is 12.5. The SMILES string of the molecule is CC1CC(C(=O)N(C)C(C)CO)CCN1. The molecule has 1 aliphatic heterocycles. The fourth-order valence-electron chi connectivity index (χ4n) is 1.98. The molecule has 1 rings (SSSR count). The lowest BCUT2D eigenvalue weighted by Crippen LogP contribution is -2.46. The van der Waals surface area contributed by atoms with Crippen LogP contribution in [0, 0.1) is 5.92 Å². The number of piperidine rings is 1. The van der Waals surface area contributed by atoms with Crippen LogP contribution in [0.5, 0.6) is 0 Å². The quantitative estimate of drug-likeness (QED) is 0.706. The Labute approximate surface area is 91.6 Å². The number of likely N-dealkylation sites (N-methyl/N-ethyl adjacent to an activating group) is 1. The van der Waals surface area contributed by atoms with E-state index in [2.05, 4.69) is 12.2 Å². The molecule has 0 aromatic carbocycles. The molecule has 1 saturated heterocycles. The Bertz CT molecular complexity index is 221. The van der Waals surface area contributed by atoms with Gasteiger partial charge in [0.2, 0.25) is 5.91 Å². The molecule has 4 nitrogen and oxygen atoms in total. The van der Waals surface area contributed by atoms with Crippen molar-refractivity contribution < 1.29 is 9.90 Å². The minimum atomic E-state index is -0.0808. The zero-order chi connectivity index (χ0) is 11.4. The Balaban J connectivity index is 2.51. The minimum Gasteiger partial charge on any atom is -0.394 e. The van der Waals surface area contributed by atoms with E-state index in [0.29, 0.717) is 6.04 Å². The second-order valence-corrected chi connectivity index (χ2v) is 4.56. The Morgan fingerprint density at radius 3 is 2.87 bits per heavy atom. The number of nitrogens with one attached hydrogen (secondary N) is 1. The van der Waals surface area contributed by atoms with E-state index in [1.807, 2.05) is 6.92 Å². The van der Waals surface area contributed by atoms with Crippen LogP contribution in [0.2, 0.25) is 0 Å². The zero-order valence-electron chi connectivity index (χ0n) is 9.86. The summed E-state index contributed by atoms with van der Waals surface area (Å²) in [6, 6.07) is 0.341. The van der Waals surface area contributed by atoms with E-state index in [1.165, 1.54) is 0 Å². The molecule has 15 heavy (non-hydrogen) atoms. The van der Waals surface area contributed by atoms with Crippen molar-refractivity contribution in [2.75, 3.05) is 20.2 Å². The van der Waals surface area contributed by atoms with E-state index in [4.69, 9.17) is 5.11 Å². The largest absolute Gasteiger partial charge is 0.394 e. The summed E-state index contributed by atoms with van der Waals surface area (Å²) in [6.45, 7) is 4.92. The Hall–Kier alpha value is -0.610. The van der Waals surface area contributed by atoms with E-state index in [-0.39, 0.29) is 24.5 Å². The van der Waals surface area contributed by atoms with E-state index >= 15 is 0 Å². The van der Waals surface area contributed by atoms with Crippen LogP contribution in [0.4, 0.5) is 0 Å². The molecule has 1 amide bonds. The van der Waals surface area contributed by atoms with Crippen LogP contribution < -0.4 is 5.32 Å². The topological polar surface area (TPSA) is 52.6 Å². The van der Waals surface area contributed by atoms with Crippen LogP contribution in [-0.4, -0.2) is 48.2 Å². The van der Waals surface area contributed by atoms with Gasteiger partial charge in [0.15, 0.2) is 0 Å². The number of carbonyl (C=O) groups excluding carboxylic acids is 1. The molecule has 0 radical (unpaired) electrons. The van der Waals surface area contributed by atoms with Crippen LogP contribution in [0.15, 0.2) is 0 Å². The monoisotopic (exact) mass is 214 g/mol. The molecule has 0 spiro atoms. The van der Waals surface area contributed by atoms with Gasteiger partial charge in [0.05, 0.1) is 12.6 Å². The highest BCUT2D eigenvalue weighted by Crippen LogP contribution is 2.19. The lowest BCUT2D eigenvalue weighted by atomic mass is 9.92. The van der Waals surface area contributed by atoms with Crippen LogP contribution in [0.1, 0.15) is 26.7 Å². The Morgan fingerprint density at radius 2 is 2.33 bits per heavy atom. The number of hydrogen-bond donors (Lipinski definition) is 2. The first-order valence-corrected chi connectivity index (χ1v) is 5.67. The van der Waals surface area contributed by atoms with Gasteiger partial charge in [-0.3, -0.25) is 4.79 Å². The molecule has 88 valence electrons. The summed E-state index contributed by atoms with van der Waals surface area (Å²) in [4.78, 5) is 13.7. The fraction of sp³-hybridized carbons (Fsp3) is 0.909. The van der Waals surface area contributed by atoms with Crippen LogP contribution >= 0.6 is 0 Å². The summed E-state index contributed by atoms with van der Waals surface area (Å²) in [5.74, 6) is 0.296. The van der Waals surface area contributed by atoms with Gasteiger partial charge in [-0.2, -0.15) is 0 Å². The third kappa shape index (κ3) is 3.18. The predicted octanol–water partition coefficient (Wildman–Crippen LogP) is 0.214. The predicted molar refractivity (Wildman–Crippen MR) is 59.5 cm³/mol. The van der Waals surface area contributed by atoms with Crippen molar-refractivity contribution in [2.45, 2.75) is 38.8 Å². The number of nitrogens with zero attached hydrogens (tertiary/aromatic N) is 1. The molecule has 2 N–H and O–H groups in total. The van der Waals surface area contributed by atoms with Gasteiger partial charge in [0.25, 0.3) is 0 Å². The van der Waals surface area contributed by atoms with Gasteiger partial charge in [-0.25, -0.2) is 0 Å². The molecule has 3 atom stereocenters. The first-order chi connectivity index (χ1) is 7.06. The normalized spacial score (nSPS) is 28.5. The van der Waals surface area contributed by atoms with Crippen LogP contribution in [-0.2, 0) is 4.79 Å². The maximum absolute atomic E-state index is 12.0. The highest BCUT2D eigenvalue weighted by Gasteiger charge is 2.28. The standard InChI is InChI=1S/C11H22N2O2/c1-8-6-10(4-5-12-8)11(15)13(3)9(2)7-14/h8-10,12,14H,4-7H2,1-3H3. The van der Waals surface area contributed by atoms with Crippen molar-refractivity contribution >= 4 is 5.91 Å². The Kier molecular flexibility index (Phi) is 4.54. The number of hydrogen-bond acceptors (Lipinski definition) is 3. The number of aliphatic hydroxyl groups is 1. The van der Waals surface area contributed by atoms with Crippen molar-refractivity contribution in [2.24, 2.45) is 5.92 Å². The van der Waals surface area contributed by atoms with Crippen molar-refractivity contribution in [1.29, 1.82) is 0 Å². The second kappa shape index (κ2) is 5.47. The van der Waals surface area contributed by atoms with Gasteiger partial charge in [0, 0.05) is 19.0 Å². The third-order valence-corrected chi connectivity index (χ3v) is 3.25. The molecule has 1 heterocycles. The van der Waals surface area contributed by atoms with Gasteiger partial charge in [-0.15, -0.1) is 0 Å². The van der Waals surface area contributed by atoms with E-state index in [0.717, 1.165) is 19.4 Å². The molecule has 0 saturated carbocycles. The summed E-state index contributed by atoms with van der Waals surface area (Å²) in [5, 5.41) is 12.3. The van der Waals surface area contributed by atoms with Gasteiger partial charge in [0.1, 0.15) is 0 Å². The average Bonchev–Trinajstić information content (AvgIpc) is 2.26. The first-order valence-electron chi connectivity index (χ1n) is 5.67. The molecule has 1 aliphatic rings. The molecule has 3 unspecified atom stereocenters. The summed E-state index contributed by atoms with van der Waals surface area (Å²) in [6.07, 6.45) is 1.81. The number of amides is 1. The molecule has 0 aromatic heterocycles. The fourth-order valence-corrected chi connectivity index (χ4v) is 1.98. The van der Waals surface area contributed by atoms with E-state index in [1.54, 1.807) is 11.9 Å². The smallest absolute Gasteiger partial charge is 0.225 e. The summed E-state index contributed by atoms with van der Waals surface area (Å²) < 4.78 is 0. The average molecular weight is 214 g/mol. The van der Waals surface area contributed by atoms with Gasteiger partial charge < -0.3 is 15.3 Å². The van der Waals surface area contributed by atoms with Crippen molar-refractivity contribution in [1.82, 2.24) is 10.2 Å². The lowest BCUT2D eigenvalue weighted by molar-refractivity contribution is -0.137. The van der Waals surface area contributed by atoms with Gasteiger partial charge in [-0.1, -0.05) is 0 Å². The molecule has 0 bridgehead atoms. The molecule has 1 fully saturated rings. The molecular formula is C11H22N2O2. The lowest BCUT2D eigenvalue weighted by Gasteiger charge is -2.32. The number of aliphatic hydroxyl groups excluding tert-OH is 1. The van der Waals surface area contributed by atoms with Crippen molar-refractivity contribution in [3.63, 3.8) is 0 Å². The summed E-state index contributed by atoms with van der Waals surface area (Å²) >= 11 is 0. The highest BCUT2D eigenvalue weighted by atomic mass is 16.3. The minimum absolute atomic E-state index is 0.0305. The third-order valence-electron chi connectivity index (χ3n) is 3.25. The van der Waals surface area contributed by atoms with Crippen LogP contribution in [0.3, 0.4) is 0 Å². The van der Waals surface area contributed by atoms with E-state index in [9.17, 15) is 4.79 Å². The molecule has 0 aromatic rings. The van der Waals surface area contributed by atoms with Gasteiger partial charge >= 0.3 is 0 Å². The van der Waals surface area contributed by atoms with Crippen LogP contribution in [0.25, 0.3) is 0 Å².